The highest BCUT2D eigenvalue weighted by Gasteiger charge is 2.34. The Hall–Kier alpha value is -0.830. The van der Waals surface area contributed by atoms with Crippen LogP contribution >= 0.6 is 0 Å². The Balaban J connectivity index is 1.73. The van der Waals surface area contributed by atoms with Gasteiger partial charge in [-0.1, -0.05) is 13.3 Å². The third-order valence-electron chi connectivity index (χ3n) is 4.42. The molecule has 17 heavy (non-hydrogen) atoms. The van der Waals surface area contributed by atoms with E-state index >= 15 is 0 Å². The second kappa shape index (κ2) is 4.81. The molecule has 1 saturated heterocycles. The average molecular weight is 233 g/mol. The van der Waals surface area contributed by atoms with E-state index in [0.29, 0.717) is 6.04 Å². The van der Waals surface area contributed by atoms with E-state index in [1.165, 1.54) is 44.3 Å². The molecular weight excluding hydrogens is 210 g/mol. The van der Waals surface area contributed by atoms with Gasteiger partial charge in [0.2, 0.25) is 0 Å². The Morgan fingerprint density at radius 2 is 2.29 bits per heavy atom. The van der Waals surface area contributed by atoms with Gasteiger partial charge in [-0.15, -0.1) is 0 Å². The van der Waals surface area contributed by atoms with Crippen LogP contribution in [0.2, 0.25) is 0 Å². The lowest BCUT2D eigenvalue weighted by Crippen LogP contribution is -2.41. The number of aromatic nitrogens is 2. The van der Waals surface area contributed by atoms with Gasteiger partial charge in [0.05, 0.1) is 6.04 Å². The maximum Gasteiger partial charge on any atom is 0.125 e. The maximum absolute atomic E-state index is 4.57. The maximum atomic E-state index is 4.57. The van der Waals surface area contributed by atoms with Gasteiger partial charge in [0.15, 0.2) is 0 Å². The van der Waals surface area contributed by atoms with E-state index in [-0.39, 0.29) is 0 Å². The number of aryl methyl sites for hydroxylation is 1. The first-order valence-electron chi connectivity index (χ1n) is 7.15. The van der Waals surface area contributed by atoms with Crippen LogP contribution in [-0.4, -0.2) is 15.6 Å². The Kier molecular flexibility index (Phi) is 3.19. The van der Waals surface area contributed by atoms with Crippen molar-refractivity contribution < 1.29 is 0 Å². The summed E-state index contributed by atoms with van der Waals surface area (Å²) in [7, 11) is 0. The van der Waals surface area contributed by atoms with Gasteiger partial charge in [-0.05, 0) is 38.0 Å². The predicted octanol–water partition coefficient (Wildman–Crippen LogP) is 2.89. The Morgan fingerprint density at radius 1 is 1.35 bits per heavy atom. The van der Waals surface area contributed by atoms with Gasteiger partial charge in [-0.25, -0.2) is 4.98 Å². The van der Waals surface area contributed by atoms with Gasteiger partial charge in [0, 0.05) is 25.0 Å². The van der Waals surface area contributed by atoms with Crippen molar-refractivity contribution in [2.24, 2.45) is 5.92 Å². The van der Waals surface area contributed by atoms with Crippen LogP contribution in [0.5, 0.6) is 0 Å². The van der Waals surface area contributed by atoms with Crippen LogP contribution in [0.15, 0.2) is 12.4 Å². The molecule has 3 unspecified atom stereocenters. The van der Waals surface area contributed by atoms with Crippen LogP contribution in [0.25, 0.3) is 0 Å². The number of rotatable bonds is 3. The average Bonchev–Trinajstić information content (AvgIpc) is 2.96. The van der Waals surface area contributed by atoms with Gasteiger partial charge in [-0.2, -0.15) is 0 Å². The zero-order chi connectivity index (χ0) is 11.7. The molecule has 0 amide bonds. The van der Waals surface area contributed by atoms with E-state index in [1.54, 1.807) is 0 Å². The van der Waals surface area contributed by atoms with Crippen molar-refractivity contribution in [2.45, 2.75) is 64.1 Å². The smallest absolute Gasteiger partial charge is 0.125 e. The molecule has 1 aromatic heterocycles. The summed E-state index contributed by atoms with van der Waals surface area (Å²) >= 11 is 0. The van der Waals surface area contributed by atoms with Crippen LogP contribution < -0.4 is 5.32 Å². The van der Waals surface area contributed by atoms with Crippen molar-refractivity contribution in [1.82, 2.24) is 14.9 Å². The molecule has 1 N–H and O–H groups in total. The van der Waals surface area contributed by atoms with Gasteiger partial charge in [-0.3, -0.25) is 0 Å². The van der Waals surface area contributed by atoms with Crippen molar-refractivity contribution >= 4 is 0 Å². The molecule has 3 atom stereocenters. The van der Waals surface area contributed by atoms with Crippen molar-refractivity contribution in [1.29, 1.82) is 0 Å². The molecule has 2 heterocycles. The molecule has 94 valence electrons. The first-order valence-corrected chi connectivity index (χ1v) is 7.15. The molecule has 0 aromatic carbocycles. The molecule has 3 rings (SSSR count). The van der Waals surface area contributed by atoms with E-state index < -0.39 is 0 Å². The molecule has 0 radical (unpaired) electrons. The molecule has 3 heteroatoms. The molecule has 3 nitrogen and oxygen atoms in total. The van der Waals surface area contributed by atoms with Crippen LogP contribution in [0.4, 0.5) is 0 Å². The Bertz CT molecular complexity index is 371. The summed E-state index contributed by atoms with van der Waals surface area (Å²) in [6.07, 6.45) is 12.1. The van der Waals surface area contributed by atoms with Crippen LogP contribution in [-0.2, 0) is 6.54 Å². The Morgan fingerprint density at radius 3 is 3.18 bits per heavy atom. The van der Waals surface area contributed by atoms with Crippen LogP contribution in [0.1, 0.15) is 57.3 Å². The van der Waals surface area contributed by atoms with E-state index in [2.05, 4.69) is 28.0 Å². The molecular formula is C14H23N3. The van der Waals surface area contributed by atoms with Crippen molar-refractivity contribution in [2.75, 3.05) is 0 Å². The quantitative estimate of drug-likeness (QED) is 0.870. The van der Waals surface area contributed by atoms with Crippen molar-refractivity contribution in [3.8, 4) is 0 Å². The molecule has 0 bridgehead atoms. The number of nitrogens with one attached hydrogen (secondary N) is 1. The van der Waals surface area contributed by atoms with Crippen LogP contribution in [0, 0.1) is 5.92 Å². The molecule has 2 fully saturated rings. The number of imidazole rings is 1. The predicted molar refractivity (Wildman–Crippen MR) is 68.8 cm³/mol. The zero-order valence-electron chi connectivity index (χ0n) is 10.7. The fraction of sp³-hybridized carbons (Fsp3) is 0.786. The Labute approximate surface area is 104 Å². The lowest BCUT2D eigenvalue weighted by Gasteiger charge is -2.33. The van der Waals surface area contributed by atoms with Crippen molar-refractivity contribution in [3.05, 3.63) is 18.2 Å². The summed E-state index contributed by atoms with van der Waals surface area (Å²) in [4.78, 5) is 4.57. The van der Waals surface area contributed by atoms with Crippen LogP contribution in [0.3, 0.4) is 0 Å². The van der Waals surface area contributed by atoms with E-state index in [4.69, 9.17) is 0 Å². The number of piperidine rings is 1. The van der Waals surface area contributed by atoms with Gasteiger partial charge >= 0.3 is 0 Å². The molecule has 1 aromatic rings. The molecule has 1 aliphatic heterocycles. The SMILES string of the molecule is CCCn1ccnc1C1CCC2CCCC2N1. The summed E-state index contributed by atoms with van der Waals surface area (Å²) in [5, 5.41) is 3.83. The van der Waals surface area contributed by atoms with Gasteiger partial charge in [0.1, 0.15) is 5.82 Å². The molecule has 1 aliphatic carbocycles. The number of hydrogen-bond acceptors (Lipinski definition) is 2. The highest BCUT2D eigenvalue weighted by molar-refractivity contribution is 5.04. The minimum Gasteiger partial charge on any atom is -0.334 e. The highest BCUT2D eigenvalue weighted by atomic mass is 15.1. The summed E-state index contributed by atoms with van der Waals surface area (Å²) in [5.74, 6) is 2.21. The summed E-state index contributed by atoms with van der Waals surface area (Å²) in [5.41, 5.74) is 0. The van der Waals surface area contributed by atoms with Gasteiger partial charge < -0.3 is 9.88 Å². The molecule has 0 spiro atoms. The number of nitrogens with zero attached hydrogens (tertiary/aromatic N) is 2. The minimum absolute atomic E-state index is 0.496. The van der Waals surface area contributed by atoms with Gasteiger partial charge in [0.25, 0.3) is 0 Å². The third kappa shape index (κ3) is 2.13. The fourth-order valence-corrected chi connectivity index (χ4v) is 3.59. The van der Waals surface area contributed by atoms with Crippen molar-refractivity contribution in [3.63, 3.8) is 0 Å². The zero-order valence-corrected chi connectivity index (χ0v) is 10.7. The standard InChI is InChI=1S/C14H23N3/c1-2-9-17-10-8-15-14(17)13-7-6-11-4-3-5-12(11)16-13/h8,10-13,16H,2-7,9H2,1H3. The first kappa shape index (κ1) is 11.3. The van der Waals surface area contributed by atoms with E-state index in [1.807, 2.05) is 6.20 Å². The summed E-state index contributed by atoms with van der Waals surface area (Å²) < 4.78 is 2.33. The largest absolute Gasteiger partial charge is 0.334 e. The topological polar surface area (TPSA) is 29.9 Å². The first-order chi connectivity index (χ1) is 8.38. The highest BCUT2D eigenvalue weighted by Crippen LogP contribution is 2.37. The second-order valence-electron chi connectivity index (χ2n) is 5.57. The number of hydrogen-bond donors (Lipinski definition) is 1. The monoisotopic (exact) mass is 233 g/mol. The molecule has 1 saturated carbocycles. The third-order valence-corrected chi connectivity index (χ3v) is 4.42. The molecule has 2 aliphatic rings. The summed E-state index contributed by atoms with van der Waals surface area (Å²) in [6.45, 7) is 3.33. The second-order valence-corrected chi connectivity index (χ2v) is 5.57. The lowest BCUT2D eigenvalue weighted by molar-refractivity contribution is 0.250. The van der Waals surface area contributed by atoms with E-state index in [9.17, 15) is 0 Å². The summed E-state index contributed by atoms with van der Waals surface area (Å²) in [6, 6.07) is 1.26. The minimum atomic E-state index is 0.496. The van der Waals surface area contributed by atoms with E-state index in [0.717, 1.165) is 18.5 Å². The number of fused-ring (bicyclic) bond motifs is 1. The normalized spacial score (nSPS) is 32.6. The fourth-order valence-electron chi connectivity index (χ4n) is 3.59. The lowest BCUT2D eigenvalue weighted by atomic mass is 9.89.